The molecule has 1 fully saturated rings. The van der Waals surface area contributed by atoms with Crippen molar-refractivity contribution in [1.29, 1.82) is 0 Å². The van der Waals surface area contributed by atoms with Crippen LogP contribution in [0.25, 0.3) is 0 Å². The number of carbonyl (C=O) groups is 1. The Kier molecular flexibility index (Phi) is 6.52. The molecule has 0 bridgehead atoms. The minimum absolute atomic E-state index is 0.138. The van der Waals surface area contributed by atoms with E-state index < -0.39 is 0 Å². The van der Waals surface area contributed by atoms with Crippen LogP contribution in [0.5, 0.6) is 0 Å². The Morgan fingerprint density at radius 1 is 1.41 bits per heavy atom. The fourth-order valence-electron chi connectivity index (χ4n) is 2.27. The van der Waals surface area contributed by atoms with E-state index in [-0.39, 0.29) is 5.91 Å². The molecule has 0 aliphatic carbocycles. The summed E-state index contributed by atoms with van der Waals surface area (Å²) in [4.78, 5) is 14.0. The van der Waals surface area contributed by atoms with Crippen LogP contribution >= 0.6 is 0 Å². The highest BCUT2D eigenvalue weighted by molar-refractivity contribution is 5.78. The van der Waals surface area contributed by atoms with Gasteiger partial charge in [0.05, 0.1) is 6.54 Å². The normalized spacial score (nSPS) is 22.5. The van der Waals surface area contributed by atoms with Crippen molar-refractivity contribution in [2.24, 2.45) is 11.7 Å². The van der Waals surface area contributed by atoms with E-state index in [0.717, 1.165) is 19.5 Å². The van der Waals surface area contributed by atoms with E-state index in [1.165, 1.54) is 19.3 Å². The van der Waals surface area contributed by atoms with Crippen molar-refractivity contribution >= 4 is 5.91 Å². The van der Waals surface area contributed by atoms with E-state index in [2.05, 4.69) is 24.1 Å². The van der Waals surface area contributed by atoms with E-state index in [0.29, 0.717) is 25.0 Å². The van der Waals surface area contributed by atoms with Gasteiger partial charge in [0.1, 0.15) is 0 Å². The Bertz CT molecular complexity index is 231. The van der Waals surface area contributed by atoms with Gasteiger partial charge in [0.15, 0.2) is 0 Å². The Balaban J connectivity index is 2.38. The van der Waals surface area contributed by atoms with E-state index in [1.807, 2.05) is 0 Å². The largest absolute Gasteiger partial charge is 0.355 e. The minimum Gasteiger partial charge on any atom is -0.355 e. The second-order valence-corrected chi connectivity index (χ2v) is 5.41. The van der Waals surface area contributed by atoms with Crippen molar-refractivity contribution in [3.63, 3.8) is 0 Å². The molecule has 4 nitrogen and oxygen atoms in total. The van der Waals surface area contributed by atoms with Gasteiger partial charge in [-0.3, -0.25) is 9.69 Å². The van der Waals surface area contributed by atoms with Crippen LogP contribution < -0.4 is 11.1 Å². The summed E-state index contributed by atoms with van der Waals surface area (Å²) in [7, 11) is 0. The molecule has 1 heterocycles. The van der Waals surface area contributed by atoms with Crippen LogP contribution in [-0.2, 0) is 4.79 Å². The van der Waals surface area contributed by atoms with Crippen LogP contribution in [0.2, 0.25) is 0 Å². The highest BCUT2D eigenvalue weighted by Crippen LogP contribution is 2.15. The first-order valence-corrected chi connectivity index (χ1v) is 6.84. The summed E-state index contributed by atoms with van der Waals surface area (Å²) in [6, 6.07) is 0.391. The van der Waals surface area contributed by atoms with Crippen LogP contribution in [0.1, 0.15) is 39.5 Å². The van der Waals surface area contributed by atoms with Gasteiger partial charge < -0.3 is 11.1 Å². The molecule has 1 rings (SSSR count). The Morgan fingerprint density at radius 2 is 2.18 bits per heavy atom. The van der Waals surface area contributed by atoms with Gasteiger partial charge in [0.2, 0.25) is 5.91 Å². The molecule has 4 heteroatoms. The summed E-state index contributed by atoms with van der Waals surface area (Å²) in [5, 5.41) is 2.97. The van der Waals surface area contributed by atoms with Gasteiger partial charge in [0.25, 0.3) is 0 Å². The van der Waals surface area contributed by atoms with Gasteiger partial charge in [-0.25, -0.2) is 0 Å². The van der Waals surface area contributed by atoms with Crippen molar-refractivity contribution in [3.05, 3.63) is 0 Å². The molecule has 0 saturated carbocycles. The maximum atomic E-state index is 11.8. The maximum Gasteiger partial charge on any atom is 0.234 e. The van der Waals surface area contributed by atoms with Crippen LogP contribution in [0.15, 0.2) is 0 Å². The molecule has 0 radical (unpaired) electrons. The lowest BCUT2D eigenvalue weighted by Gasteiger charge is -2.28. The Labute approximate surface area is 105 Å². The number of nitrogens with zero attached hydrogens (tertiary/aromatic N) is 1. The fourth-order valence-corrected chi connectivity index (χ4v) is 2.27. The Morgan fingerprint density at radius 3 is 2.82 bits per heavy atom. The zero-order chi connectivity index (χ0) is 12.7. The number of hydrogen-bond donors (Lipinski definition) is 2. The quantitative estimate of drug-likeness (QED) is 0.754. The number of carbonyl (C=O) groups excluding carboxylic acids is 1. The number of rotatable bonds is 5. The van der Waals surface area contributed by atoms with Gasteiger partial charge >= 0.3 is 0 Å². The molecular weight excluding hydrogens is 214 g/mol. The zero-order valence-corrected chi connectivity index (χ0v) is 11.2. The number of nitrogens with two attached hydrogens (primary N) is 1. The molecule has 1 amide bonds. The predicted octanol–water partition coefficient (Wildman–Crippen LogP) is 0.962. The number of likely N-dealkylation sites (tertiary alicyclic amines) is 1. The number of amides is 1. The molecule has 1 aliphatic heterocycles. The van der Waals surface area contributed by atoms with Crippen molar-refractivity contribution in [1.82, 2.24) is 10.2 Å². The third-order valence-corrected chi connectivity index (χ3v) is 3.33. The molecule has 1 atom stereocenters. The molecule has 1 saturated heterocycles. The van der Waals surface area contributed by atoms with E-state index in [9.17, 15) is 4.79 Å². The lowest BCUT2D eigenvalue weighted by atomic mass is 10.1. The third kappa shape index (κ3) is 5.50. The molecular formula is C13H27N3O. The summed E-state index contributed by atoms with van der Waals surface area (Å²) < 4.78 is 0. The summed E-state index contributed by atoms with van der Waals surface area (Å²) in [5.41, 5.74) is 5.79. The average molecular weight is 241 g/mol. The standard InChI is InChI=1S/C13H27N3O/c1-11(2)9-15-13(17)10-16-7-5-3-4-6-12(16)8-14/h11-12H,3-10,14H2,1-2H3,(H,15,17). The van der Waals surface area contributed by atoms with Gasteiger partial charge in [-0.2, -0.15) is 0 Å². The van der Waals surface area contributed by atoms with Crippen molar-refractivity contribution in [3.8, 4) is 0 Å². The fraction of sp³-hybridized carbons (Fsp3) is 0.923. The number of hydrogen-bond acceptors (Lipinski definition) is 3. The highest BCUT2D eigenvalue weighted by Gasteiger charge is 2.21. The van der Waals surface area contributed by atoms with Gasteiger partial charge in [-0.05, 0) is 25.3 Å². The number of nitrogens with one attached hydrogen (secondary N) is 1. The van der Waals surface area contributed by atoms with Crippen LogP contribution in [-0.4, -0.2) is 43.0 Å². The molecule has 100 valence electrons. The molecule has 17 heavy (non-hydrogen) atoms. The summed E-state index contributed by atoms with van der Waals surface area (Å²) in [6.07, 6.45) is 4.83. The van der Waals surface area contributed by atoms with Crippen LogP contribution in [0.3, 0.4) is 0 Å². The van der Waals surface area contributed by atoms with E-state index in [4.69, 9.17) is 5.73 Å². The first kappa shape index (κ1) is 14.5. The van der Waals surface area contributed by atoms with Crippen LogP contribution in [0, 0.1) is 5.92 Å². The second-order valence-electron chi connectivity index (χ2n) is 5.41. The summed E-state index contributed by atoms with van der Waals surface area (Å²) in [5.74, 6) is 0.646. The topological polar surface area (TPSA) is 58.4 Å². The molecule has 1 aliphatic rings. The van der Waals surface area contributed by atoms with E-state index >= 15 is 0 Å². The molecule has 0 aromatic heterocycles. The lowest BCUT2D eigenvalue weighted by Crippen LogP contribution is -2.46. The molecule has 0 spiro atoms. The van der Waals surface area contributed by atoms with Gasteiger partial charge in [-0.1, -0.05) is 26.7 Å². The predicted molar refractivity (Wildman–Crippen MR) is 70.7 cm³/mol. The molecule has 1 unspecified atom stereocenters. The molecule has 3 N–H and O–H groups in total. The smallest absolute Gasteiger partial charge is 0.234 e. The highest BCUT2D eigenvalue weighted by atomic mass is 16.2. The zero-order valence-electron chi connectivity index (χ0n) is 11.2. The van der Waals surface area contributed by atoms with Gasteiger partial charge in [-0.15, -0.1) is 0 Å². The third-order valence-electron chi connectivity index (χ3n) is 3.33. The maximum absolute atomic E-state index is 11.8. The lowest BCUT2D eigenvalue weighted by molar-refractivity contribution is -0.122. The van der Waals surface area contributed by atoms with E-state index in [1.54, 1.807) is 0 Å². The van der Waals surface area contributed by atoms with Crippen molar-refractivity contribution in [2.45, 2.75) is 45.6 Å². The average Bonchev–Trinajstić information content (AvgIpc) is 2.51. The SMILES string of the molecule is CC(C)CNC(=O)CN1CCCCCC1CN. The first-order valence-electron chi connectivity index (χ1n) is 6.84. The van der Waals surface area contributed by atoms with Crippen LogP contribution in [0.4, 0.5) is 0 Å². The summed E-state index contributed by atoms with van der Waals surface area (Å²) >= 11 is 0. The first-order chi connectivity index (χ1) is 8.13. The summed E-state index contributed by atoms with van der Waals surface area (Å²) in [6.45, 7) is 7.16. The molecule has 0 aromatic carbocycles. The van der Waals surface area contributed by atoms with Gasteiger partial charge in [0, 0.05) is 19.1 Å². The Hall–Kier alpha value is -0.610. The molecule has 0 aromatic rings. The van der Waals surface area contributed by atoms with Crippen molar-refractivity contribution < 1.29 is 4.79 Å². The second kappa shape index (κ2) is 7.67. The van der Waals surface area contributed by atoms with Crippen molar-refractivity contribution in [2.75, 3.05) is 26.2 Å². The minimum atomic E-state index is 0.138. The monoisotopic (exact) mass is 241 g/mol.